The third-order valence-corrected chi connectivity index (χ3v) is 4.77. The largest absolute Gasteiger partial charge is 0.309 e. The van der Waals surface area contributed by atoms with Crippen LogP contribution in [0, 0.1) is 12.8 Å². The van der Waals surface area contributed by atoms with E-state index in [0.717, 1.165) is 26.1 Å². The molecule has 0 saturated carbocycles. The van der Waals surface area contributed by atoms with Crippen molar-refractivity contribution in [1.29, 1.82) is 0 Å². The number of hydrogen-bond donors (Lipinski definition) is 1. The van der Waals surface area contributed by atoms with E-state index >= 15 is 0 Å². The van der Waals surface area contributed by atoms with Gasteiger partial charge >= 0.3 is 0 Å². The van der Waals surface area contributed by atoms with Crippen LogP contribution in [0.15, 0.2) is 5.38 Å². The van der Waals surface area contributed by atoms with E-state index < -0.39 is 0 Å². The summed E-state index contributed by atoms with van der Waals surface area (Å²) in [6.45, 7) is 14.7. The lowest BCUT2D eigenvalue weighted by Crippen LogP contribution is -2.63. The Hall–Kier alpha value is -0.450. The molecule has 108 valence electrons. The predicted octanol–water partition coefficient (Wildman–Crippen LogP) is 2.70. The second kappa shape index (κ2) is 5.90. The quantitative estimate of drug-likeness (QED) is 0.920. The molecule has 0 bridgehead atoms. The van der Waals surface area contributed by atoms with E-state index in [1.165, 1.54) is 10.7 Å². The molecule has 0 aliphatic carbocycles. The van der Waals surface area contributed by atoms with E-state index in [0.29, 0.717) is 12.0 Å². The van der Waals surface area contributed by atoms with Crippen molar-refractivity contribution in [2.45, 2.75) is 52.6 Å². The number of aryl methyl sites for hydroxylation is 1. The summed E-state index contributed by atoms with van der Waals surface area (Å²) < 4.78 is 0. The first-order valence-electron chi connectivity index (χ1n) is 7.27. The summed E-state index contributed by atoms with van der Waals surface area (Å²) in [6, 6.07) is 0.646. The van der Waals surface area contributed by atoms with Gasteiger partial charge < -0.3 is 5.32 Å². The molecule has 19 heavy (non-hydrogen) atoms. The monoisotopic (exact) mass is 281 g/mol. The highest BCUT2D eigenvalue weighted by Gasteiger charge is 2.33. The van der Waals surface area contributed by atoms with E-state index in [4.69, 9.17) is 0 Å². The zero-order valence-corrected chi connectivity index (χ0v) is 13.7. The van der Waals surface area contributed by atoms with E-state index in [2.05, 4.69) is 55.2 Å². The molecule has 1 N–H and O–H groups in total. The van der Waals surface area contributed by atoms with Gasteiger partial charge in [-0.05, 0) is 26.7 Å². The summed E-state index contributed by atoms with van der Waals surface area (Å²) in [6.07, 6.45) is 1.07. The van der Waals surface area contributed by atoms with Crippen LogP contribution < -0.4 is 5.32 Å². The van der Waals surface area contributed by atoms with Gasteiger partial charge in [0.25, 0.3) is 0 Å². The minimum atomic E-state index is 0.226. The fraction of sp³-hybridized carbons (Fsp3) is 0.800. The zero-order chi connectivity index (χ0) is 14.0. The van der Waals surface area contributed by atoms with Gasteiger partial charge in [0.15, 0.2) is 0 Å². The van der Waals surface area contributed by atoms with Gasteiger partial charge in [-0.15, -0.1) is 11.3 Å². The smallest absolute Gasteiger partial charge is 0.0897 e. The first-order valence-corrected chi connectivity index (χ1v) is 8.15. The minimum Gasteiger partial charge on any atom is -0.309 e. The Morgan fingerprint density at radius 2 is 2.26 bits per heavy atom. The molecule has 0 aromatic carbocycles. The van der Waals surface area contributed by atoms with Gasteiger partial charge in [-0.25, -0.2) is 4.98 Å². The van der Waals surface area contributed by atoms with E-state index in [9.17, 15) is 0 Å². The highest BCUT2D eigenvalue weighted by atomic mass is 32.1. The molecule has 1 saturated heterocycles. The fourth-order valence-electron chi connectivity index (χ4n) is 2.87. The van der Waals surface area contributed by atoms with Crippen LogP contribution in [0.4, 0.5) is 0 Å². The van der Waals surface area contributed by atoms with Crippen LogP contribution >= 0.6 is 11.3 Å². The lowest BCUT2D eigenvalue weighted by molar-refractivity contribution is 0.0703. The summed E-state index contributed by atoms with van der Waals surface area (Å²) in [5, 5.41) is 7.05. The molecule has 1 atom stereocenters. The van der Waals surface area contributed by atoms with E-state index in [1.54, 1.807) is 11.3 Å². The van der Waals surface area contributed by atoms with Crippen molar-refractivity contribution < 1.29 is 0 Å². The molecule has 0 amide bonds. The van der Waals surface area contributed by atoms with Gasteiger partial charge in [0.1, 0.15) is 0 Å². The normalized spacial score (nSPS) is 24.0. The molecule has 3 nitrogen and oxygen atoms in total. The molecule has 1 aliphatic heterocycles. The predicted molar refractivity (Wildman–Crippen MR) is 82.8 cm³/mol. The maximum absolute atomic E-state index is 4.58. The Bertz CT molecular complexity index is 411. The van der Waals surface area contributed by atoms with Crippen molar-refractivity contribution in [3.8, 4) is 0 Å². The van der Waals surface area contributed by atoms with Crippen molar-refractivity contribution in [3.63, 3.8) is 0 Å². The Balaban J connectivity index is 1.97. The lowest BCUT2D eigenvalue weighted by atomic mass is 9.93. The number of hydrogen-bond acceptors (Lipinski definition) is 4. The molecule has 4 heteroatoms. The van der Waals surface area contributed by atoms with Crippen LogP contribution in [0.2, 0.25) is 0 Å². The van der Waals surface area contributed by atoms with Crippen molar-refractivity contribution in [2.24, 2.45) is 5.92 Å². The van der Waals surface area contributed by atoms with Gasteiger partial charge in [-0.3, -0.25) is 4.90 Å². The van der Waals surface area contributed by atoms with Crippen LogP contribution in [0.1, 0.15) is 38.4 Å². The third kappa shape index (κ3) is 4.01. The number of aromatic nitrogens is 1. The number of piperazine rings is 1. The third-order valence-electron chi connectivity index (χ3n) is 3.95. The molecule has 1 aromatic heterocycles. The van der Waals surface area contributed by atoms with Crippen molar-refractivity contribution in [1.82, 2.24) is 15.2 Å². The van der Waals surface area contributed by atoms with Gasteiger partial charge in [0, 0.05) is 43.0 Å². The Morgan fingerprint density at radius 3 is 2.84 bits per heavy atom. The molecular weight excluding hydrogens is 254 g/mol. The summed E-state index contributed by atoms with van der Waals surface area (Å²) >= 11 is 1.76. The summed E-state index contributed by atoms with van der Waals surface area (Å²) in [7, 11) is 0. The molecule has 1 unspecified atom stereocenters. The Labute approximate surface area is 121 Å². The van der Waals surface area contributed by atoms with Gasteiger partial charge in [-0.2, -0.15) is 0 Å². The standard InChI is InChI=1S/C15H27N3S/c1-11(2)14-8-16-15(4,5)10-18(14)7-6-13-9-19-12(3)17-13/h9,11,14,16H,6-8,10H2,1-5H3. The number of thiazole rings is 1. The SMILES string of the molecule is Cc1nc(CCN2CC(C)(C)NCC2C(C)C)cs1. The van der Waals surface area contributed by atoms with Gasteiger partial charge in [0.2, 0.25) is 0 Å². The fourth-order valence-corrected chi connectivity index (χ4v) is 3.52. The van der Waals surface area contributed by atoms with Crippen LogP contribution in [-0.2, 0) is 6.42 Å². The summed E-state index contributed by atoms with van der Waals surface area (Å²) in [5.41, 5.74) is 1.48. The molecule has 2 heterocycles. The number of rotatable bonds is 4. The second-order valence-corrected chi connectivity index (χ2v) is 7.72. The van der Waals surface area contributed by atoms with Crippen LogP contribution in [0.25, 0.3) is 0 Å². The second-order valence-electron chi connectivity index (χ2n) is 6.65. The van der Waals surface area contributed by atoms with Crippen LogP contribution in [-0.4, -0.2) is 41.1 Å². The van der Waals surface area contributed by atoms with Crippen molar-refractivity contribution in [3.05, 3.63) is 16.1 Å². The molecule has 0 radical (unpaired) electrons. The average molecular weight is 281 g/mol. The minimum absolute atomic E-state index is 0.226. The van der Waals surface area contributed by atoms with Gasteiger partial charge in [0.05, 0.1) is 10.7 Å². The highest BCUT2D eigenvalue weighted by molar-refractivity contribution is 7.09. The van der Waals surface area contributed by atoms with Crippen molar-refractivity contribution in [2.75, 3.05) is 19.6 Å². The Morgan fingerprint density at radius 1 is 1.53 bits per heavy atom. The van der Waals surface area contributed by atoms with E-state index in [-0.39, 0.29) is 5.54 Å². The molecule has 2 rings (SSSR count). The Kier molecular flexibility index (Phi) is 4.64. The summed E-state index contributed by atoms with van der Waals surface area (Å²) in [4.78, 5) is 7.23. The first kappa shape index (κ1) is 14.9. The molecule has 1 aliphatic rings. The molecule has 1 aromatic rings. The van der Waals surface area contributed by atoms with Crippen LogP contribution in [0.3, 0.4) is 0 Å². The first-order chi connectivity index (χ1) is 8.87. The lowest BCUT2D eigenvalue weighted by Gasteiger charge is -2.46. The number of nitrogens with zero attached hydrogens (tertiary/aromatic N) is 2. The average Bonchev–Trinajstić information content (AvgIpc) is 2.71. The van der Waals surface area contributed by atoms with Crippen LogP contribution in [0.5, 0.6) is 0 Å². The maximum Gasteiger partial charge on any atom is 0.0897 e. The molecular formula is C15H27N3S. The zero-order valence-electron chi connectivity index (χ0n) is 12.9. The number of nitrogens with one attached hydrogen (secondary N) is 1. The van der Waals surface area contributed by atoms with Gasteiger partial charge in [-0.1, -0.05) is 13.8 Å². The molecule has 0 spiro atoms. The highest BCUT2D eigenvalue weighted by Crippen LogP contribution is 2.21. The summed E-state index contributed by atoms with van der Waals surface area (Å²) in [5.74, 6) is 0.695. The maximum atomic E-state index is 4.58. The molecule has 1 fully saturated rings. The van der Waals surface area contributed by atoms with Crippen molar-refractivity contribution >= 4 is 11.3 Å². The topological polar surface area (TPSA) is 28.2 Å². The van der Waals surface area contributed by atoms with E-state index in [1.807, 2.05) is 0 Å².